The molecule has 1 N–H and O–H groups in total. The molecule has 2 aromatic rings. The van der Waals surface area contributed by atoms with Gasteiger partial charge in [-0.2, -0.15) is 0 Å². The van der Waals surface area contributed by atoms with Crippen molar-refractivity contribution in [1.29, 1.82) is 0 Å². The second kappa shape index (κ2) is 6.72. The van der Waals surface area contributed by atoms with Crippen molar-refractivity contribution in [3.8, 4) is 11.5 Å². The summed E-state index contributed by atoms with van der Waals surface area (Å²) in [7, 11) is 0. The Bertz CT molecular complexity index is 939. The molecule has 0 unspecified atom stereocenters. The maximum absolute atomic E-state index is 12.9. The molecule has 3 heterocycles. The Labute approximate surface area is 157 Å². The Morgan fingerprint density at radius 2 is 2.15 bits per heavy atom. The molecule has 1 amide bonds. The van der Waals surface area contributed by atoms with Crippen LogP contribution in [0.4, 0.5) is 0 Å². The molecule has 0 radical (unpaired) electrons. The minimum atomic E-state index is -0.379. The minimum Gasteiger partial charge on any atom is -0.454 e. The van der Waals surface area contributed by atoms with Gasteiger partial charge in [0.25, 0.3) is 11.5 Å². The van der Waals surface area contributed by atoms with Gasteiger partial charge < -0.3 is 19.4 Å². The van der Waals surface area contributed by atoms with E-state index in [1.807, 2.05) is 18.2 Å². The average Bonchev–Trinajstić information content (AvgIpc) is 3.08. The molecular weight excluding hydrogens is 346 g/mol. The molecule has 0 aliphatic carbocycles. The van der Waals surface area contributed by atoms with E-state index in [1.54, 1.807) is 11.8 Å². The number of nitrogens with zero attached hydrogens (tertiary/aromatic N) is 2. The number of aromatic amines is 1. The van der Waals surface area contributed by atoms with E-state index >= 15 is 0 Å². The lowest BCUT2D eigenvalue weighted by atomic mass is 9.76. The highest BCUT2D eigenvalue weighted by molar-refractivity contribution is 5.93. The van der Waals surface area contributed by atoms with E-state index in [-0.39, 0.29) is 29.2 Å². The standard InChI is InChI=1S/C20H23N3O4/c1-13-21-10-15(18(24)22-13)19(25)23-7-3-6-20(2,11-23)9-14-4-5-16-17(8-14)27-12-26-16/h4-5,8,10H,3,6-7,9,11-12H2,1-2H3,(H,21,22,24)/t20-/m1/s1. The van der Waals surface area contributed by atoms with Crippen molar-refractivity contribution in [2.75, 3.05) is 19.9 Å². The molecule has 0 bridgehead atoms. The molecule has 1 aromatic carbocycles. The van der Waals surface area contributed by atoms with Crippen molar-refractivity contribution >= 4 is 5.91 Å². The van der Waals surface area contributed by atoms with Crippen molar-refractivity contribution in [2.45, 2.75) is 33.1 Å². The summed E-state index contributed by atoms with van der Waals surface area (Å²) < 4.78 is 10.8. The molecule has 1 atom stereocenters. The summed E-state index contributed by atoms with van der Waals surface area (Å²) in [5.41, 5.74) is 0.821. The first-order valence-corrected chi connectivity index (χ1v) is 9.17. The third kappa shape index (κ3) is 3.54. The Balaban J connectivity index is 1.51. The van der Waals surface area contributed by atoms with E-state index in [4.69, 9.17) is 9.47 Å². The van der Waals surface area contributed by atoms with Gasteiger partial charge in [-0.3, -0.25) is 9.59 Å². The van der Waals surface area contributed by atoms with Gasteiger partial charge in [-0.15, -0.1) is 0 Å². The van der Waals surface area contributed by atoms with Crippen molar-refractivity contribution in [3.05, 3.63) is 51.7 Å². The third-order valence-corrected chi connectivity index (χ3v) is 5.29. The highest BCUT2D eigenvalue weighted by Gasteiger charge is 2.34. The van der Waals surface area contributed by atoms with Gasteiger partial charge in [0.1, 0.15) is 11.4 Å². The smallest absolute Gasteiger partial charge is 0.263 e. The van der Waals surface area contributed by atoms with E-state index in [0.29, 0.717) is 18.9 Å². The van der Waals surface area contributed by atoms with Crippen LogP contribution in [0.3, 0.4) is 0 Å². The number of fused-ring (bicyclic) bond motifs is 1. The molecule has 1 aromatic heterocycles. The normalized spacial score (nSPS) is 21.3. The van der Waals surface area contributed by atoms with Crippen LogP contribution in [0.15, 0.2) is 29.2 Å². The third-order valence-electron chi connectivity index (χ3n) is 5.29. The summed E-state index contributed by atoms with van der Waals surface area (Å²) in [5.74, 6) is 1.80. The SMILES string of the molecule is Cc1ncc(C(=O)N2CCC[C@](C)(Cc3ccc4c(c3)OCO4)C2)c(=O)[nH]1. The summed E-state index contributed by atoms with van der Waals surface area (Å²) in [6.45, 7) is 5.40. The number of carbonyl (C=O) groups is 1. The lowest BCUT2D eigenvalue weighted by molar-refractivity contribution is 0.0548. The Morgan fingerprint density at radius 1 is 1.33 bits per heavy atom. The van der Waals surface area contributed by atoms with E-state index in [2.05, 4.69) is 16.9 Å². The Morgan fingerprint density at radius 3 is 2.96 bits per heavy atom. The molecule has 142 valence electrons. The van der Waals surface area contributed by atoms with Gasteiger partial charge in [0.05, 0.1) is 0 Å². The van der Waals surface area contributed by atoms with Crippen LogP contribution in [0.2, 0.25) is 0 Å². The number of carbonyl (C=O) groups excluding carboxylic acids is 1. The molecule has 1 saturated heterocycles. The van der Waals surface area contributed by atoms with Crippen molar-refractivity contribution in [3.63, 3.8) is 0 Å². The molecule has 27 heavy (non-hydrogen) atoms. The fourth-order valence-corrected chi connectivity index (χ4v) is 3.98. The number of hydrogen-bond donors (Lipinski definition) is 1. The Hall–Kier alpha value is -2.83. The number of rotatable bonds is 3. The molecule has 1 fully saturated rings. The van der Waals surface area contributed by atoms with Crippen LogP contribution in [0.1, 0.15) is 41.5 Å². The largest absolute Gasteiger partial charge is 0.454 e. The summed E-state index contributed by atoms with van der Waals surface area (Å²) in [5, 5.41) is 0. The first-order chi connectivity index (χ1) is 12.9. The van der Waals surface area contributed by atoms with Gasteiger partial charge in [-0.1, -0.05) is 13.0 Å². The predicted octanol–water partition coefficient (Wildman–Crippen LogP) is 2.29. The molecule has 7 heteroatoms. The summed E-state index contributed by atoms with van der Waals surface area (Å²) in [4.78, 5) is 33.4. The maximum Gasteiger partial charge on any atom is 0.263 e. The van der Waals surface area contributed by atoms with Gasteiger partial charge in [0.15, 0.2) is 11.5 Å². The number of aromatic nitrogens is 2. The van der Waals surface area contributed by atoms with E-state index in [9.17, 15) is 9.59 Å². The van der Waals surface area contributed by atoms with Gasteiger partial charge in [-0.25, -0.2) is 4.98 Å². The highest BCUT2D eigenvalue weighted by Crippen LogP contribution is 2.37. The van der Waals surface area contributed by atoms with Crippen LogP contribution in [0.5, 0.6) is 11.5 Å². The van der Waals surface area contributed by atoms with Gasteiger partial charge in [0, 0.05) is 19.3 Å². The molecular formula is C20H23N3O4. The van der Waals surface area contributed by atoms with E-state index < -0.39 is 0 Å². The fourth-order valence-electron chi connectivity index (χ4n) is 3.98. The van der Waals surface area contributed by atoms with Crippen LogP contribution in [0.25, 0.3) is 0 Å². The fraction of sp³-hybridized carbons (Fsp3) is 0.450. The zero-order chi connectivity index (χ0) is 19.0. The van der Waals surface area contributed by atoms with E-state index in [1.165, 1.54) is 6.20 Å². The number of nitrogens with one attached hydrogen (secondary N) is 1. The molecule has 0 saturated carbocycles. The molecule has 2 aliphatic rings. The number of aryl methyl sites for hydroxylation is 1. The van der Waals surface area contributed by atoms with Crippen LogP contribution >= 0.6 is 0 Å². The van der Waals surface area contributed by atoms with Gasteiger partial charge in [-0.05, 0) is 49.3 Å². The predicted molar refractivity (Wildman–Crippen MR) is 99.1 cm³/mol. The number of H-pyrrole nitrogens is 1. The van der Waals surface area contributed by atoms with Crippen molar-refractivity contribution in [1.82, 2.24) is 14.9 Å². The summed E-state index contributed by atoms with van der Waals surface area (Å²) >= 11 is 0. The quantitative estimate of drug-likeness (QED) is 0.897. The monoisotopic (exact) mass is 369 g/mol. The Kier molecular flexibility index (Phi) is 4.37. The minimum absolute atomic E-state index is 0.0630. The van der Waals surface area contributed by atoms with Gasteiger partial charge in [0.2, 0.25) is 6.79 Å². The van der Waals surface area contributed by atoms with Gasteiger partial charge >= 0.3 is 0 Å². The lowest BCUT2D eigenvalue weighted by Gasteiger charge is -2.40. The first kappa shape index (κ1) is 17.6. The van der Waals surface area contributed by atoms with E-state index in [0.717, 1.165) is 36.3 Å². The zero-order valence-electron chi connectivity index (χ0n) is 15.6. The van der Waals surface area contributed by atoms with Crippen molar-refractivity contribution in [2.24, 2.45) is 5.41 Å². The lowest BCUT2D eigenvalue weighted by Crippen LogP contribution is -2.47. The number of ether oxygens (including phenoxy) is 2. The topological polar surface area (TPSA) is 84.5 Å². The molecule has 0 spiro atoms. The zero-order valence-corrected chi connectivity index (χ0v) is 15.6. The second-order valence-corrected chi connectivity index (χ2v) is 7.72. The number of hydrogen-bond acceptors (Lipinski definition) is 5. The molecule has 4 rings (SSSR count). The molecule has 2 aliphatic heterocycles. The highest BCUT2D eigenvalue weighted by atomic mass is 16.7. The van der Waals surface area contributed by atoms with Crippen molar-refractivity contribution < 1.29 is 14.3 Å². The number of likely N-dealkylation sites (tertiary alicyclic amines) is 1. The number of amides is 1. The summed E-state index contributed by atoms with van der Waals surface area (Å²) in [6, 6.07) is 6.00. The number of benzene rings is 1. The number of piperidine rings is 1. The van der Waals surface area contributed by atoms with Crippen LogP contribution in [-0.2, 0) is 6.42 Å². The maximum atomic E-state index is 12.9. The summed E-state index contributed by atoms with van der Waals surface area (Å²) in [6.07, 6.45) is 4.13. The van der Waals surface area contributed by atoms with Crippen LogP contribution in [0, 0.1) is 12.3 Å². The van der Waals surface area contributed by atoms with Crippen LogP contribution < -0.4 is 15.0 Å². The first-order valence-electron chi connectivity index (χ1n) is 9.17. The second-order valence-electron chi connectivity index (χ2n) is 7.72. The van der Waals surface area contributed by atoms with Crippen LogP contribution in [-0.4, -0.2) is 40.7 Å². The molecule has 7 nitrogen and oxygen atoms in total. The average molecular weight is 369 g/mol.